The average Bonchev–Trinajstić information content (AvgIpc) is 2.83. The van der Waals surface area contributed by atoms with Crippen LogP contribution in [0.3, 0.4) is 0 Å². The molecule has 1 aliphatic rings. The van der Waals surface area contributed by atoms with Gasteiger partial charge in [-0.2, -0.15) is 0 Å². The summed E-state index contributed by atoms with van der Waals surface area (Å²) in [4.78, 5) is 0. The summed E-state index contributed by atoms with van der Waals surface area (Å²) in [5.41, 5.74) is 7.27. The number of nitrogens with two attached hydrogens (primary N) is 1. The van der Waals surface area contributed by atoms with Crippen molar-refractivity contribution in [1.82, 2.24) is 0 Å². The van der Waals surface area contributed by atoms with Crippen LogP contribution >= 0.6 is 0 Å². The first-order chi connectivity index (χ1) is 6.59. The second kappa shape index (κ2) is 3.17. The lowest BCUT2D eigenvalue weighted by atomic mass is 9.99. The molecule has 1 atom stereocenters. The van der Waals surface area contributed by atoms with Gasteiger partial charge in [0.05, 0.1) is 5.56 Å². The summed E-state index contributed by atoms with van der Waals surface area (Å²) in [6.07, 6.45) is 2.18. The van der Waals surface area contributed by atoms with Crippen molar-refractivity contribution in [3.8, 4) is 11.5 Å². The Labute approximate surface area is 83.2 Å². The smallest absolute Gasteiger partial charge is 0.124 e. The van der Waals surface area contributed by atoms with Crippen molar-refractivity contribution in [3.05, 3.63) is 23.3 Å². The van der Waals surface area contributed by atoms with E-state index in [0.717, 1.165) is 18.4 Å². The zero-order valence-electron chi connectivity index (χ0n) is 8.20. The quantitative estimate of drug-likeness (QED) is 0.671. The van der Waals surface area contributed by atoms with Gasteiger partial charge >= 0.3 is 0 Å². The first-order valence-electron chi connectivity index (χ1n) is 4.87. The van der Waals surface area contributed by atoms with E-state index in [2.05, 4.69) is 0 Å². The molecule has 1 fully saturated rings. The van der Waals surface area contributed by atoms with Gasteiger partial charge in [-0.1, -0.05) is 0 Å². The van der Waals surface area contributed by atoms with E-state index >= 15 is 0 Å². The molecule has 0 unspecified atom stereocenters. The highest BCUT2D eigenvalue weighted by Crippen LogP contribution is 2.45. The van der Waals surface area contributed by atoms with Crippen molar-refractivity contribution >= 4 is 0 Å². The molecule has 0 spiro atoms. The predicted octanol–water partition coefficient (Wildman–Crippen LogP) is 1.82. The number of rotatable bonds is 2. The van der Waals surface area contributed by atoms with Crippen molar-refractivity contribution in [2.75, 3.05) is 0 Å². The van der Waals surface area contributed by atoms with Crippen LogP contribution in [0.2, 0.25) is 0 Å². The Morgan fingerprint density at radius 3 is 2.21 bits per heavy atom. The Morgan fingerprint density at radius 1 is 1.29 bits per heavy atom. The molecule has 4 N–H and O–H groups in total. The number of phenols is 2. The van der Waals surface area contributed by atoms with Crippen molar-refractivity contribution in [3.63, 3.8) is 0 Å². The minimum absolute atomic E-state index is 0.113. The summed E-state index contributed by atoms with van der Waals surface area (Å²) < 4.78 is 0. The SMILES string of the molecule is Cc1cc(O)c([C@@H](N)C2CC2)c(O)c1. The monoisotopic (exact) mass is 193 g/mol. The summed E-state index contributed by atoms with van der Waals surface area (Å²) >= 11 is 0. The molecule has 0 saturated heterocycles. The summed E-state index contributed by atoms with van der Waals surface area (Å²) in [6, 6.07) is 3.05. The van der Waals surface area contributed by atoms with Crippen molar-refractivity contribution in [1.29, 1.82) is 0 Å². The average molecular weight is 193 g/mol. The fourth-order valence-electron chi connectivity index (χ4n) is 1.79. The Kier molecular flexibility index (Phi) is 2.11. The van der Waals surface area contributed by atoms with Crippen molar-refractivity contribution < 1.29 is 10.2 Å². The van der Waals surface area contributed by atoms with Gasteiger partial charge in [0.1, 0.15) is 11.5 Å². The Balaban J connectivity index is 2.40. The Morgan fingerprint density at radius 2 is 1.79 bits per heavy atom. The van der Waals surface area contributed by atoms with Crippen molar-refractivity contribution in [2.45, 2.75) is 25.8 Å². The number of benzene rings is 1. The summed E-state index contributed by atoms with van der Waals surface area (Å²) in [5, 5.41) is 19.4. The highest BCUT2D eigenvalue weighted by Gasteiger charge is 2.32. The first kappa shape index (κ1) is 9.34. The van der Waals surface area contributed by atoms with Gasteiger partial charge in [0.25, 0.3) is 0 Å². The van der Waals surface area contributed by atoms with E-state index in [1.165, 1.54) is 0 Å². The topological polar surface area (TPSA) is 66.5 Å². The van der Waals surface area contributed by atoms with E-state index in [1.54, 1.807) is 12.1 Å². The maximum atomic E-state index is 9.68. The lowest BCUT2D eigenvalue weighted by molar-refractivity contribution is 0.421. The number of phenolic OH excluding ortho intramolecular Hbond substituents is 2. The van der Waals surface area contributed by atoms with Gasteiger partial charge in [0.2, 0.25) is 0 Å². The fraction of sp³-hybridized carbons (Fsp3) is 0.455. The highest BCUT2D eigenvalue weighted by atomic mass is 16.3. The van der Waals surface area contributed by atoms with Gasteiger partial charge in [-0.15, -0.1) is 0 Å². The van der Waals surface area contributed by atoms with E-state index in [9.17, 15) is 10.2 Å². The number of hydrogen-bond donors (Lipinski definition) is 3. The van der Waals surface area contributed by atoms with Crippen LogP contribution in [0, 0.1) is 12.8 Å². The van der Waals surface area contributed by atoms with Gasteiger partial charge in [0.15, 0.2) is 0 Å². The van der Waals surface area contributed by atoms with E-state index in [-0.39, 0.29) is 17.5 Å². The van der Waals surface area contributed by atoms with Crippen LogP contribution in [-0.4, -0.2) is 10.2 Å². The number of aryl methyl sites for hydroxylation is 1. The molecule has 0 bridgehead atoms. The maximum Gasteiger partial charge on any atom is 0.124 e. The molecule has 1 aromatic rings. The van der Waals surface area contributed by atoms with Gasteiger partial charge in [-0.25, -0.2) is 0 Å². The lowest BCUT2D eigenvalue weighted by Gasteiger charge is -2.14. The molecular weight excluding hydrogens is 178 g/mol. The van der Waals surface area contributed by atoms with E-state index in [4.69, 9.17) is 5.73 Å². The van der Waals surface area contributed by atoms with Gasteiger partial charge in [-0.3, -0.25) is 0 Å². The maximum absolute atomic E-state index is 9.68. The van der Waals surface area contributed by atoms with Crippen LogP contribution in [-0.2, 0) is 0 Å². The standard InChI is InChI=1S/C11H15NO2/c1-6-4-8(13)10(9(14)5-6)11(12)7-2-3-7/h4-5,7,11,13-14H,2-3,12H2,1H3/t11-/m0/s1. The largest absolute Gasteiger partial charge is 0.507 e. The minimum atomic E-state index is -0.226. The minimum Gasteiger partial charge on any atom is -0.507 e. The molecule has 0 amide bonds. The van der Waals surface area contributed by atoms with E-state index in [1.807, 2.05) is 6.92 Å². The van der Waals surface area contributed by atoms with E-state index < -0.39 is 0 Å². The Hall–Kier alpha value is -1.22. The molecule has 14 heavy (non-hydrogen) atoms. The third-order valence-corrected chi connectivity index (χ3v) is 2.74. The van der Waals surface area contributed by atoms with Crippen LogP contribution < -0.4 is 5.73 Å². The molecular formula is C11H15NO2. The summed E-state index contributed by atoms with van der Waals surface area (Å²) in [7, 11) is 0. The second-order valence-electron chi connectivity index (χ2n) is 4.08. The summed E-state index contributed by atoms with van der Waals surface area (Å²) in [5.74, 6) is 0.651. The third kappa shape index (κ3) is 1.55. The molecule has 3 nitrogen and oxygen atoms in total. The first-order valence-corrected chi connectivity index (χ1v) is 4.87. The lowest BCUT2D eigenvalue weighted by Crippen LogP contribution is -2.12. The van der Waals surface area contributed by atoms with Crippen LogP contribution in [0.5, 0.6) is 11.5 Å². The fourth-order valence-corrected chi connectivity index (χ4v) is 1.79. The third-order valence-electron chi connectivity index (χ3n) is 2.74. The zero-order chi connectivity index (χ0) is 10.3. The van der Waals surface area contributed by atoms with Gasteiger partial charge in [0, 0.05) is 6.04 Å². The predicted molar refractivity (Wildman–Crippen MR) is 54.2 cm³/mol. The molecule has 0 heterocycles. The molecule has 3 heteroatoms. The second-order valence-corrected chi connectivity index (χ2v) is 4.08. The van der Waals surface area contributed by atoms with Crippen LogP contribution in [0.15, 0.2) is 12.1 Å². The van der Waals surface area contributed by atoms with Crippen LogP contribution in [0.25, 0.3) is 0 Å². The molecule has 1 saturated carbocycles. The molecule has 0 radical (unpaired) electrons. The molecule has 2 rings (SSSR count). The molecule has 1 aromatic carbocycles. The normalized spacial score (nSPS) is 18.1. The molecule has 0 aliphatic heterocycles. The van der Waals surface area contributed by atoms with Crippen LogP contribution in [0.1, 0.15) is 30.0 Å². The summed E-state index contributed by atoms with van der Waals surface area (Å²) in [6.45, 7) is 1.83. The van der Waals surface area contributed by atoms with E-state index in [0.29, 0.717) is 11.5 Å². The van der Waals surface area contributed by atoms with Gasteiger partial charge < -0.3 is 15.9 Å². The molecule has 0 aromatic heterocycles. The Bertz CT molecular complexity index is 335. The number of hydrogen-bond acceptors (Lipinski definition) is 3. The van der Waals surface area contributed by atoms with Gasteiger partial charge in [-0.05, 0) is 43.4 Å². The van der Waals surface area contributed by atoms with Crippen molar-refractivity contribution in [2.24, 2.45) is 11.7 Å². The van der Waals surface area contributed by atoms with Crippen LogP contribution in [0.4, 0.5) is 0 Å². The molecule has 1 aliphatic carbocycles. The zero-order valence-corrected chi connectivity index (χ0v) is 8.20. The number of aromatic hydroxyl groups is 2. The highest BCUT2D eigenvalue weighted by molar-refractivity contribution is 5.48. The molecule has 76 valence electrons.